The van der Waals surface area contributed by atoms with Gasteiger partial charge in [0.25, 0.3) is 0 Å². The van der Waals surface area contributed by atoms with Crippen LogP contribution in [-0.4, -0.2) is 10.8 Å². The summed E-state index contributed by atoms with van der Waals surface area (Å²) < 4.78 is 0. The summed E-state index contributed by atoms with van der Waals surface area (Å²) in [4.78, 5) is 16.2. The number of nitrogens with zero attached hydrogens (tertiary/aromatic N) is 1. The van der Waals surface area contributed by atoms with Crippen LogP contribution >= 0.6 is 0 Å². The molecule has 0 unspecified atom stereocenters. The van der Waals surface area contributed by atoms with Crippen LogP contribution in [0.4, 0.5) is 0 Å². The summed E-state index contributed by atoms with van der Waals surface area (Å²) >= 11 is 0. The van der Waals surface area contributed by atoms with E-state index in [0.717, 1.165) is 6.42 Å². The predicted octanol–water partition coefficient (Wildman–Crippen LogP) is 7.73. The second-order valence-electron chi connectivity index (χ2n) is 10.3. The minimum atomic E-state index is 0.00705. The number of carbonyl (C=O) groups is 1. The van der Waals surface area contributed by atoms with E-state index in [4.69, 9.17) is 0 Å². The lowest BCUT2D eigenvalue weighted by Gasteiger charge is -2.31. The van der Waals surface area contributed by atoms with Gasteiger partial charge in [0.2, 0.25) is 5.91 Å². The number of likely N-dealkylation sites (tertiary alicyclic amines) is 1. The standard InChI is InChI=1S/C33H31NO/c1-22-15-17-26(18-16-22)31-27-13-7-6-12-25(27)19-20-29(31)32-28-14-8-9-23(2)30(28)33(35)34(32)21-24-10-4-3-5-11-24/h3-8,10-20,23,28,30,32H,9,21H2,1-2H3/t23-,28+,30+,32+/m0/s1. The van der Waals surface area contributed by atoms with Crippen molar-refractivity contribution in [2.75, 3.05) is 0 Å². The van der Waals surface area contributed by atoms with E-state index in [1.54, 1.807) is 0 Å². The van der Waals surface area contributed by atoms with Crippen LogP contribution in [0.25, 0.3) is 21.9 Å². The molecule has 6 rings (SSSR count). The third kappa shape index (κ3) is 3.78. The van der Waals surface area contributed by atoms with Gasteiger partial charge in [0.05, 0.1) is 6.04 Å². The van der Waals surface area contributed by atoms with Gasteiger partial charge in [0.15, 0.2) is 0 Å². The molecule has 4 aromatic rings. The fourth-order valence-electron chi connectivity index (χ4n) is 6.25. The van der Waals surface area contributed by atoms with Crippen molar-refractivity contribution < 1.29 is 4.79 Å². The Morgan fingerprint density at radius 2 is 1.60 bits per heavy atom. The molecule has 1 amide bonds. The van der Waals surface area contributed by atoms with Crippen molar-refractivity contribution in [2.24, 2.45) is 17.8 Å². The first-order chi connectivity index (χ1) is 17.1. The van der Waals surface area contributed by atoms with Crippen molar-refractivity contribution in [3.05, 3.63) is 120 Å². The summed E-state index contributed by atoms with van der Waals surface area (Å²) in [5, 5.41) is 2.48. The van der Waals surface area contributed by atoms with Gasteiger partial charge < -0.3 is 4.90 Å². The maximum absolute atomic E-state index is 14.0. The molecule has 1 aliphatic carbocycles. The van der Waals surface area contributed by atoms with Gasteiger partial charge in [-0.2, -0.15) is 0 Å². The Morgan fingerprint density at radius 1 is 0.857 bits per heavy atom. The van der Waals surface area contributed by atoms with Crippen LogP contribution in [0, 0.1) is 24.7 Å². The summed E-state index contributed by atoms with van der Waals surface area (Å²) in [5.41, 5.74) is 6.15. The summed E-state index contributed by atoms with van der Waals surface area (Å²) in [6.07, 6.45) is 5.60. The van der Waals surface area contributed by atoms with Crippen molar-refractivity contribution in [1.29, 1.82) is 0 Å². The topological polar surface area (TPSA) is 20.3 Å². The number of fused-ring (bicyclic) bond motifs is 2. The van der Waals surface area contributed by atoms with Crippen molar-refractivity contribution >= 4 is 16.7 Å². The normalized spacial score (nSPS) is 23.6. The highest BCUT2D eigenvalue weighted by atomic mass is 16.2. The van der Waals surface area contributed by atoms with Crippen molar-refractivity contribution in [1.82, 2.24) is 4.90 Å². The third-order valence-electron chi connectivity index (χ3n) is 7.98. The molecule has 0 spiro atoms. The molecule has 0 radical (unpaired) electrons. The molecule has 0 N–H and O–H groups in total. The summed E-state index contributed by atoms with van der Waals surface area (Å²) in [6.45, 7) is 5.01. The van der Waals surface area contributed by atoms with E-state index in [9.17, 15) is 4.79 Å². The molecule has 4 aromatic carbocycles. The highest BCUT2D eigenvalue weighted by Crippen LogP contribution is 2.51. The van der Waals surface area contributed by atoms with Crippen molar-refractivity contribution in [3.8, 4) is 11.1 Å². The maximum Gasteiger partial charge on any atom is 0.227 e. The number of rotatable bonds is 4. The molecule has 0 bridgehead atoms. The van der Waals surface area contributed by atoms with Crippen LogP contribution in [0.2, 0.25) is 0 Å². The third-order valence-corrected chi connectivity index (χ3v) is 7.98. The lowest BCUT2D eigenvalue weighted by molar-refractivity contribution is -0.134. The molecule has 2 aliphatic rings. The van der Waals surface area contributed by atoms with Crippen molar-refractivity contribution in [3.63, 3.8) is 0 Å². The van der Waals surface area contributed by atoms with E-state index >= 15 is 0 Å². The number of allylic oxidation sites excluding steroid dienone is 1. The second-order valence-corrected chi connectivity index (χ2v) is 10.3. The summed E-state index contributed by atoms with van der Waals surface area (Å²) in [5.74, 6) is 0.860. The Balaban J connectivity index is 1.57. The van der Waals surface area contributed by atoms with Crippen LogP contribution < -0.4 is 0 Å². The molecule has 4 atom stereocenters. The molecule has 1 heterocycles. The van der Waals surface area contributed by atoms with Crippen LogP contribution in [0.5, 0.6) is 0 Å². The minimum Gasteiger partial charge on any atom is -0.330 e. The number of amides is 1. The monoisotopic (exact) mass is 457 g/mol. The smallest absolute Gasteiger partial charge is 0.227 e. The van der Waals surface area contributed by atoms with Gasteiger partial charge in [-0.05, 0) is 52.3 Å². The fourth-order valence-corrected chi connectivity index (χ4v) is 6.25. The quantitative estimate of drug-likeness (QED) is 0.287. The first-order valence-electron chi connectivity index (χ1n) is 12.7. The molecule has 174 valence electrons. The zero-order valence-corrected chi connectivity index (χ0v) is 20.4. The first kappa shape index (κ1) is 21.9. The highest BCUT2D eigenvalue weighted by Gasteiger charge is 2.50. The van der Waals surface area contributed by atoms with Crippen LogP contribution in [-0.2, 0) is 11.3 Å². The highest BCUT2D eigenvalue weighted by molar-refractivity contribution is 5.99. The Labute approximate surface area is 207 Å². The average molecular weight is 458 g/mol. The number of benzene rings is 4. The molecule has 0 saturated carbocycles. The molecular weight excluding hydrogens is 426 g/mol. The van der Waals surface area contributed by atoms with E-state index in [0.29, 0.717) is 18.4 Å². The molecule has 1 fully saturated rings. The van der Waals surface area contributed by atoms with E-state index < -0.39 is 0 Å². The molecule has 2 heteroatoms. The molecule has 0 aromatic heterocycles. The molecule has 2 nitrogen and oxygen atoms in total. The lowest BCUT2D eigenvalue weighted by Crippen LogP contribution is -2.30. The SMILES string of the molecule is Cc1ccc(-c2c([C@H]3[C@@H]4C=CC[C@H](C)[C@H]4C(=O)N3Cc3ccccc3)ccc3ccccc23)cc1. The zero-order valence-electron chi connectivity index (χ0n) is 20.4. The fraction of sp³-hybridized carbons (Fsp3) is 0.242. The van der Waals surface area contributed by atoms with Crippen LogP contribution in [0.15, 0.2) is 103 Å². The van der Waals surface area contributed by atoms with Gasteiger partial charge in [0, 0.05) is 18.4 Å². The molecule has 1 aliphatic heterocycles. The van der Waals surface area contributed by atoms with Crippen LogP contribution in [0.3, 0.4) is 0 Å². The Morgan fingerprint density at radius 3 is 2.40 bits per heavy atom. The number of hydrogen-bond acceptors (Lipinski definition) is 1. The second kappa shape index (κ2) is 8.85. The Kier molecular flexibility index (Phi) is 5.53. The predicted molar refractivity (Wildman–Crippen MR) is 144 cm³/mol. The summed E-state index contributed by atoms with van der Waals surface area (Å²) in [7, 11) is 0. The van der Waals surface area contributed by atoms with Gasteiger partial charge in [-0.15, -0.1) is 0 Å². The number of hydrogen-bond donors (Lipinski definition) is 0. The average Bonchev–Trinajstić information content (AvgIpc) is 3.16. The van der Waals surface area contributed by atoms with Gasteiger partial charge in [0.1, 0.15) is 0 Å². The van der Waals surface area contributed by atoms with E-state index in [-0.39, 0.29) is 17.9 Å². The molecule has 1 saturated heterocycles. The number of carbonyl (C=O) groups excluding carboxylic acids is 1. The van der Waals surface area contributed by atoms with E-state index in [1.807, 2.05) is 6.07 Å². The number of aryl methyl sites for hydroxylation is 1. The molecular formula is C33H31NO. The van der Waals surface area contributed by atoms with E-state index in [2.05, 4.69) is 116 Å². The van der Waals surface area contributed by atoms with Gasteiger partial charge >= 0.3 is 0 Å². The summed E-state index contributed by atoms with van der Waals surface area (Å²) in [6, 6.07) is 32.4. The van der Waals surface area contributed by atoms with Crippen molar-refractivity contribution in [2.45, 2.75) is 32.9 Å². The Bertz CT molecular complexity index is 1400. The molecule has 35 heavy (non-hydrogen) atoms. The largest absolute Gasteiger partial charge is 0.330 e. The Hall–Kier alpha value is -3.65. The first-order valence-corrected chi connectivity index (χ1v) is 12.7. The van der Waals surface area contributed by atoms with Gasteiger partial charge in [-0.25, -0.2) is 0 Å². The minimum absolute atomic E-state index is 0.00705. The maximum atomic E-state index is 14.0. The van der Waals surface area contributed by atoms with Crippen LogP contribution in [0.1, 0.15) is 36.1 Å². The van der Waals surface area contributed by atoms with E-state index in [1.165, 1.54) is 38.6 Å². The van der Waals surface area contributed by atoms with Gasteiger partial charge in [-0.1, -0.05) is 116 Å². The lowest BCUT2D eigenvalue weighted by atomic mass is 9.74. The zero-order chi connectivity index (χ0) is 23.9. The van der Waals surface area contributed by atoms with Gasteiger partial charge in [-0.3, -0.25) is 4.79 Å².